The maximum atomic E-state index is 12.4. The second-order valence-corrected chi connectivity index (χ2v) is 7.50. The van der Waals surface area contributed by atoms with E-state index in [2.05, 4.69) is 41.4 Å². The van der Waals surface area contributed by atoms with Crippen molar-refractivity contribution in [1.82, 2.24) is 4.90 Å². The van der Waals surface area contributed by atoms with Crippen LogP contribution in [-0.4, -0.2) is 35.7 Å². The van der Waals surface area contributed by atoms with Crippen LogP contribution in [-0.2, 0) is 4.74 Å². The van der Waals surface area contributed by atoms with Crippen LogP contribution in [0.15, 0.2) is 30.3 Å². The standard InChI is InChI=1S/C19H22N2O2S2/c1-3-23-18(22)17-15(20-19(24)21-10-4-5-11-21)12-16(25-17)14-8-6-13(2)7-9-14/h6-9,12H,3-5,10-11H2,1-2H3,(H,20,24). The lowest BCUT2D eigenvalue weighted by molar-refractivity contribution is 0.0533. The van der Waals surface area contributed by atoms with E-state index >= 15 is 0 Å². The maximum Gasteiger partial charge on any atom is 0.350 e. The van der Waals surface area contributed by atoms with E-state index in [0.717, 1.165) is 42.1 Å². The van der Waals surface area contributed by atoms with Crippen LogP contribution in [0.25, 0.3) is 10.4 Å². The molecular formula is C19H22N2O2S2. The van der Waals surface area contributed by atoms with Crippen molar-refractivity contribution in [2.45, 2.75) is 26.7 Å². The quantitative estimate of drug-likeness (QED) is 0.621. The van der Waals surface area contributed by atoms with Crippen molar-refractivity contribution in [2.24, 2.45) is 0 Å². The number of thiocarbonyl (C=S) groups is 1. The zero-order valence-electron chi connectivity index (χ0n) is 14.5. The fourth-order valence-electron chi connectivity index (χ4n) is 2.81. The van der Waals surface area contributed by atoms with Crippen LogP contribution in [0.2, 0.25) is 0 Å². The predicted molar refractivity (Wildman–Crippen MR) is 107 cm³/mol. The highest BCUT2D eigenvalue weighted by Crippen LogP contribution is 2.35. The number of anilines is 1. The zero-order valence-corrected chi connectivity index (χ0v) is 16.1. The van der Waals surface area contributed by atoms with Crippen molar-refractivity contribution in [2.75, 3.05) is 25.0 Å². The Hall–Kier alpha value is -1.92. The van der Waals surface area contributed by atoms with Gasteiger partial charge in [0.15, 0.2) is 5.11 Å². The summed E-state index contributed by atoms with van der Waals surface area (Å²) in [7, 11) is 0. The van der Waals surface area contributed by atoms with Crippen molar-refractivity contribution < 1.29 is 9.53 Å². The molecule has 132 valence electrons. The molecule has 0 atom stereocenters. The fraction of sp³-hybridized carbons (Fsp3) is 0.368. The van der Waals surface area contributed by atoms with Crippen molar-refractivity contribution >= 4 is 40.3 Å². The van der Waals surface area contributed by atoms with Gasteiger partial charge in [-0.3, -0.25) is 0 Å². The predicted octanol–water partition coefficient (Wildman–Crippen LogP) is 4.69. The molecule has 0 spiro atoms. The smallest absolute Gasteiger partial charge is 0.350 e. The molecule has 4 nitrogen and oxygen atoms in total. The molecule has 1 saturated heterocycles. The number of hydrogen-bond acceptors (Lipinski definition) is 4. The fourth-order valence-corrected chi connectivity index (χ4v) is 4.11. The average molecular weight is 375 g/mol. The molecule has 1 aliphatic rings. The number of hydrogen-bond donors (Lipinski definition) is 1. The lowest BCUT2D eigenvalue weighted by atomic mass is 10.1. The minimum atomic E-state index is -0.308. The Balaban J connectivity index is 1.89. The van der Waals surface area contributed by atoms with Crippen LogP contribution >= 0.6 is 23.6 Å². The molecule has 2 aromatic rings. The molecule has 0 amide bonds. The van der Waals surface area contributed by atoms with E-state index in [9.17, 15) is 4.79 Å². The van der Waals surface area contributed by atoms with Gasteiger partial charge in [-0.1, -0.05) is 29.8 Å². The molecule has 0 aliphatic carbocycles. The van der Waals surface area contributed by atoms with Crippen LogP contribution in [0.5, 0.6) is 0 Å². The lowest BCUT2D eigenvalue weighted by Crippen LogP contribution is -2.32. The van der Waals surface area contributed by atoms with Gasteiger partial charge in [0.1, 0.15) is 4.88 Å². The summed E-state index contributed by atoms with van der Waals surface area (Å²) in [6, 6.07) is 10.3. The largest absolute Gasteiger partial charge is 0.462 e. The van der Waals surface area contributed by atoms with E-state index in [1.807, 2.05) is 13.0 Å². The summed E-state index contributed by atoms with van der Waals surface area (Å²) in [6.07, 6.45) is 2.32. The molecule has 1 aliphatic heterocycles. The normalized spacial score (nSPS) is 13.8. The number of esters is 1. The number of ether oxygens (including phenoxy) is 1. The molecule has 6 heteroatoms. The number of nitrogens with one attached hydrogen (secondary N) is 1. The van der Waals surface area contributed by atoms with E-state index < -0.39 is 0 Å². The number of benzene rings is 1. The summed E-state index contributed by atoms with van der Waals surface area (Å²) in [6.45, 7) is 6.16. The van der Waals surface area contributed by atoms with E-state index in [1.54, 1.807) is 0 Å². The summed E-state index contributed by atoms with van der Waals surface area (Å²) >= 11 is 6.95. The number of rotatable bonds is 4. The number of likely N-dealkylation sites (tertiary alicyclic amines) is 1. The molecule has 0 unspecified atom stereocenters. The molecule has 1 aromatic carbocycles. The van der Waals surface area contributed by atoms with E-state index in [-0.39, 0.29) is 5.97 Å². The SMILES string of the molecule is CCOC(=O)c1sc(-c2ccc(C)cc2)cc1NC(=S)N1CCCC1. The van der Waals surface area contributed by atoms with Gasteiger partial charge in [-0.25, -0.2) is 4.79 Å². The third-order valence-electron chi connectivity index (χ3n) is 4.16. The summed E-state index contributed by atoms with van der Waals surface area (Å²) in [5.74, 6) is -0.308. The molecular weight excluding hydrogens is 352 g/mol. The molecule has 0 saturated carbocycles. The van der Waals surface area contributed by atoms with Crippen molar-refractivity contribution in [3.8, 4) is 10.4 Å². The van der Waals surface area contributed by atoms with Gasteiger partial charge in [-0.05, 0) is 50.5 Å². The van der Waals surface area contributed by atoms with Crippen LogP contribution in [0.4, 0.5) is 5.69 Å². The van der Waals surface area contributed by atoms with Crippen LogP contribution in [0, 0.1) is 6.92 Å². The lowest BCUT2D eigenvalue weighted by Gasteiger charge is -2.19. The van der Waals surface area contributed by atoms with E-state index in [4.69, 9.17) is 17.0 Å². The Bertz CT molecular complexity index is 762. The Kier molecular flexibility index (Phi) is 5.71. The van der Waals surface area contributed by atoms with E-state index in [1.165, 1.54) is 16.9 Å². The van der Waals surface area contributed by atoms with Crippen LogP contribution in [0.3, 0.4) is 0 Å². The molecule has 1 aromatic heterocycles. The number of carbonyl (C=O) groups is 1. The molecule has 1 N–H and O–H groups in total. The second kappa shape index (κ2) is 7.97. The summed E-state index contributed by atoms with van der Waals surface area (Å²) in [4.78, 5) is 16.1. The van der Waals surface area contributed by atoms with Crippen LogP contribution in [0.1, 0.15) is 35.0 Å². The molecule has 3 rings (SSSR count). The minimum absolute atomic E-state index is 0.308. The second-order valence-electron chi connectivity index (χ2n) is 6.06. The number of aryl methyl sites for hydroxylation is 1. The Labute approximate surface area is 157 Å². The zero-order chi connectivity index (χ0) is 17.8. The Morgan fingerprint density at radius 1 is 1.28 bits per heavy atom. The monoisotopic (exact) mass is 374 g/mol. The molecule has 0 bridgehead atoms. The molecule has 0 radical (unpaired) electrons. The van der Waals surface area contributed by atoms with Gasteiger partial charge >= 0.3 is 5.97 Å². The van der Waals surface area contributed by atoms with Gasteiger partial charge < -0.3 is 15.0 Å². The minimum Gasteiger partial charge on any atom is -0.462 e. The van der Waals surface area contributed by atoms with Crippen molar-refractivity contribution in [3.63, 3.8) is 0 Å². The highest BCUT2D eigenvalue weighted by atomic mass is 32.1. The number of thiophene rings is 1. The highest BCUT2D eigenvalue weighted by molar-refractivity contribution is 7.80. The maximum absolute atomic E-state index is 12.4. The third kappa shape index (κ3) is 4.19. The first-order valence-electron chi connectivity index (χ1n) is 8.52. The Morgan fingerprint density at radius 2 is 1.96 bits per heavy atom. The first-order valence-corrected chi connectivity index (χ1v) is 9.75. The van der Waals surface area contributed by atoms with E-state index in [0.29, 0.717) is 16.6 Å². The van der Waals surface area contributed by atoms with Gasteiger partial charge in [0, 0.05) is 18.0 Å². The van der Waals surface area contributed by atoms with Crippen molar-refractivity contribution in [3.05, 3.63) is 40.8 Å². The average Bonchev–Trinajstić information content (AvgIpc) is 3.25. The van der Waals surface area contributed by atoms with Gasteiger partial charge in [-0.15, -0.1) is 11.3 Å². The van der Waals surface area contributed by atoms with Gasteiger partial charge in [0.05, 0.1) is 12.3 Å². The summed E-state index contributed by atoms with van der Waals surface area (Å²) in [5.41, 5.74) is 3.02. The third-order valence-corrected chi connectivity index (χ3v) is 5.69. The molecule has 1 fully saturated rings. The topological polar surface area (TPSA) is 41.6 Å². The van der Waals surface area contributed by atoms with Gasteiger partial charge in [0.2, 0.25) is 0 Å². The molecule has 25 heavy (non-hydrogen) atoms. The summed E-state index contributed by atoms with van der Waals surface area (Å²) in [5, 5.41) is 3.94. The van der Waals surface area contributed by atoms with Gasteiger partial charge in [0.25, 0.3) is 0 Å². The van der Waals surface area contributed by atoms with Crippen LogP contribution < -0.4 is 5.32 Å². The highest BCUT2D eigenvalue weighted by Gasteiger charge is 2.21. The number of carbonyl (C=O) groups excluding carboxylic acids is 1. The first-order chi connectivity index (χ1) is 12.1. The Morgan fingerprint density at radius 3 is 2.60 bits per heavy atom. The summed E-state index contributed by atoms with van der Waals surface area (Å²) < 4.78 is 5.22. The van der Waals surface area contributed by atoms with Gasteiger partial charge in [-0.2, -0.15) is 0 Å². The molecule has 2 heterocycles. The van der Waals surface area contributed by atoms with Crippen molar-refractivity contribution in [1.29, 1.82) is 0 Å². The first kappa shape index (κ1) is 17.9. The number of nitrogens with zero attached hydrogens (tertiary/aromatic N) is 1.